The summed E-state index contributed by atoms with van der Waals surface area (Å²) in [5.74, 6) is -0.733. The van der Waals surface area contributed by atoms with Crippen molar-refractivity contribution in [2.45, 2.75) is 32.6 Å². The molecule has 0 aliphatic heterocycles. The maximum atomic E-state index is 12.3. The largest absolute Gasteiger partial charge is 0.497 e. The molecule has 7 nitrogen and oxygen atoms in total. The summed E-state index contributed by atoms with van der Waals surface area (Å²) in [5.41, 5.74) is 2.15. The van der Waals surface area contributed by atoms with Crippen molar-refractivity contribution in [3.05, 3.63) is 45.8 Å². The predicted molar refractivity (Wildman–Crippen MR) is 109 cm³/mol. The van der Waals surface area contributed by atoms with E-state index in [4.69, 9.17) is 14.2 Å². The second kappa shape index (κ2) is 9.56. The van der Waals surface area contributed by atoms with Gasteiger partial charge in [-0.25, -0.2) is 4.79 Å². The van der Waals surface area contributed by atoms with Crippen LogP contribution in [0.2, 0.25) is 0 Å². The third-order valence-electron chi connectivity index (χ3n) is 4.53. The van der Waals surface area contributed by atoms with Gasteiger partial charge in [0, 0.05) is 4.88 Å². The zero-order chi connectivity index (χ0) is 20.8. The number of amides is 1. The molecule has 1 N–H and O–H groups in total. The third kappa shape index (κ3) is 5.14. The standard InChI is InChI=1S/C21H23NO6S/c1-3-27-21(25)19-15-5-4-6-16(15)29-20(19)22-17(23)12-28-18(24)11-13-7-9-14(26-2)10-8-13/h7-10H,3-6,11-12H2,1-2H3,(H,22,23). The molecule has 0 unspecified atom stereocenters. The van der Waals surface area contributed by atoms with Crippen molar-refractivity contribution in [1.82, 2.24) is 0 Å². The number of methoxy groups -OCH3 is 1. The number of hydrogen-bond donors (Lipinski definition) is 1. The van der Waals surface area contributed by atoms with Crippen LogP contribution in [0.5, 0.6) is 5.75 Å². The van der Waals surface area contributed by atoms with Crippen molar-refractivity contribution in [2.24, 2.45) is 0 Å². The second-order valence-electron chi connectivity index (χ2n) is 6.52. The van der Waals surface area contributed by atoms with Crippen molar-refractivity contribution in [2.75, 3.05) is 25.6 Å². The van der Waals surface area contributed by atoms with Crippen LogP contribution in [0.25, 0.3) is 0 Å². The van der Waals surface area contributed by atoms with Crippen molar-refractivity contribution in [3.8, 4) is 5.75 Å². The van der Waals surface area contributed by atoms with E-state index in [1.807, 2.05) is 0 Å². The zero-order valence-corrected chi connectivity index (χ0v) is 17.2. The average molecular weight is 417 g/mol. The van der Waals surface area contributed by atoms with Gasteiger partial charge in [0.15, 0.2) is 6.61 Å². The van der Waals surface area contributed by atoms with E-state index in [0.29, 0.717) is 16.3 Å². The molecular formula is C21H23NO6S. The molecule has 3 rings (SSSR count). The number of thiophene rings is 1. The number of anilines is 1. The number of carbonyl (C=O) groups excluding carboxylic acids is 3. The van der Waals surface area contributed by atoms with E-state index in [2.05, 4.69) is 5.32 Å². The van der Waals surface area contributed by atoms with E-state index < -0.39 is 24.5 Å². The number of esters is 2. The highest BCUT2D eigenvalue weighted by Crippen LogP contribution is 2.39. The van der Waals surface area contributed by atoms with Gasteiger partial charge in [-0.15, -0.1) is 11.3 Å². The molecule has 1 aliphatic rings. The number of rotatable bonds is 8. The quantitative estimate of drug-likeness (QED) is 0.664. The fourth-order valence-electron chi connectivity index (χ4n) is 3.18. The Morgan fingerprint density at radius 3 is 2.55 bits per heavy atom. The lowest BCUT2D eigenvalue weighted by Gasteiger charge is -2.09. The predicted octanol–water partition coefficient (Wildman–Crippen LogP) is 3.15. The van der Waals surface area contributed by atoms with E-state index in [1.54, 1.807) is 38.3 Å². The van der Waals surface area contributed by atoms with Gasteiger partial charge >= 0.3 is 11.9 Å². The summed E-state index contributed by atoms with van der Waals surface area (Å²) in [6, 6.07) is 7.03. The van der Waals surface area contributed by atoms with Crippen molar-refractivity contribution in [3.63, 3.8) is 0 Å². The van der Waals surface area contributed by atoms with Gasteiger partial charge in [0.2, 0.25) is 0 Å². The molecule has 0 saturated heterocycles. The molecule has 0 radical (unpaired) electrons. The molecule has 1 amide bonds. The Bertz CT molecular complexity index is 903. The van der Waals surface area contributed by atoms with Crippen LogP contribution in [-0.2, 0) is 38.3 Å². The first-order valence-corrected chi connectivity index (χ1v) is 10.2. The van der Waals surface area contributed by atoms with E-state index in [-0.39, 0.29) is 13.0 Å². The van der Waals surface area contributed by atoms with Crippen molar-refractivity contribution >= 4 is 34.2 Å². The molecule has 0 bridgehead atoms. The Balaban J connectivity index is 1.56. The molecule has 29 heavy (non-hydrogen) atoms. The molecule has 154 valence electrons. The highest BCUT2D eigenvalue weighted by molar-refractivity contribution is 7.17. The molecule has 1 aliphatic carbocycles. The lowest BCUT2D eigenvalue weighted by atomic mass is 10.1. The summed E-state index contributed by atoms with van der Waals surface area (Å²) in [5, 5.41) is 3.16. The molecule has 0 fully saturated rings. The highest BCUT2D eigenvalue weighted by Gasteiger charge is 2.28. The van der Waals surface area contributed by atoms with Crippen LogP contribution in [0.4, 0.5) is 5.00 Å². The lowest BCUT2D eigenvalue weighted by Crippen LogP contribution is -2.22. The van der Waals surface area contributed by atoms with Crippen LogP contribution in [0.3, 0.4) is 0 Å². The van der Waals surface area contributed by atoms with Gasteiger partial charge < -0.3 is 19.5 Å². The third-order valence-corrected chi connectivity index (χ3v) is 5.73. The molecule has 8 heteroatoms. The van der Waals surface area contributed by atoms with Gasteiger partial charge in [-0.3, -0.25) is 9.59 Å². The van der Waals surface area contributed by atoms with E-state index >= 15 is 0 Å². The molecule has 2 aromatic rings. The van der Waals surface area contributed by atoms with Gasteiger partial charge in [-0.1, -0.05) is 12.1 Å². The highest BCUT2D eigenvalue weighted by atomic mass is 32.1. The number of ether oxygens (including phenoxy) is 3. The molecule has 1 heterocycles. The molecular weight excluding hydrogens is 394 g/mol. The Labute approximate surface area is 173 Å². The minimum Gasteiger partial charge on any atom is -0.497 e. The number of fused-ring (bicyclic) bond motifs is 1. The van der Waals surface area contributed by atoms with Crippen LogP contribution >= 0.6 is 11.3 Å². The number of aryl methyl sites for hydroxylation is 1. The Kier molecular flexibility index (Phi) is 6.87. The monoisotopic (exact) mass is 417 g/mol. The summed E-state index contributed by atoms with van der Waals surface area (Å²) in [4.78, 5) is 37.7. The number of hydrogen-bond acceptors (Lipinski definition) is 7. The first kappa shape index (κ1) is 20.9. The van der Waals surface area contributed by atoms with Crippen LogP contribution in [0.1, 0.15) is 39.7 Å². The number of nitrogens with one attached hydrogen (secondary N) is 1. The molecule has 1 aromatic carbocycles. The summed E-state index contributed by atoms with van der Waals surface area (Å²) in [6.07, 6.45) is 2.73. The number of benzene rings is 1. The van der Waals surface area contributed by atoms with Gasteiger partial charge in [-0.05, 0) is 49.4 Å². The zero-order valence-electron chi connectivity index (χ0n) is 16.4. The first-order valence-electron chi connectivity index (χ1n) is 9.41. The second-order valence-corrected chi connectivity index (χ2v) is 7.62. The van der Waals surface area contributed by atoms with Crippen LogP contribution in [0.15, 0.2) is 24.3 Å². The maximum absolute atomic E-state index is 12.3. The minimum absolute atomic E-state index is 0.0542. The smallest absolute Gasteiger partial charge is 0.341 e. The van der Waals surface area contributed by atoms with Crippen molar-refractivity contribution < 1.29 is 28.6 Å². The molecule has 0 saturated carbocycles. The van der Waals surface area contributed by atoms with Crippen LogP contribution in [-0.4, -0.2) is 38.2 Å². The van der Waals surface area contributed by atoms with Crippen LogP contribution < -0.4 is 10.1 Å². The van der Waals surface area contributed by atoms with Gasteiger partial charge in [-0.2, -0.15) is 0 Å². The summed E-state index contributed by atoms with van der Waals surface area (Å²) < 4.78 is 15.3. The average Bonchev–Trinajstić information content (AvgIpc) is 3.28. The SMILES string of the molecule is CCOC(=O)c1c(NC(=O)COC(=O)Cc2ccc(OC)cc2)sc2c1CCC2. The topological polar surface area (TPSA) is 90.9 Å². The van der Waals surface area contributed by atoms with Gasteiger partial charge in [0.1, 0.15) is 10.8 Å². The summed E-state index contributed by atoms with van der Waals surface area (Å²) in [6.45, 7) is 1.59. The number of carbonyl (C=O) groups is 3. The molecule has 0 spiro atoms. The van der Waals surface area contributed by atoms with E-state index in [9.17, 15) is 14.4 Å². The van der Waals surface area contributed by atoms with Gasteiger partial charge in [0.05, 0.1) is 25.7 Å². The summed E-state index contributed by atoms with van der Waals surface area (Å²) >= 11 is 1.39. The minimum atomic E-state index is -0.510. The van der Waals surface area contributed by atoms with E-state index in [1.165, 1.54) is 11.3 Å². The Hall–Kier alpha value is -2.87. The maximum Gasteiger partial charge on any atom is 0.341 e. The van der Waals surface area contributed by atoms with Crippen LogP contribution in [0, 0.1) is 0 Å². The van der Waals surface area contributed by atoms with E-state index in [0.717, 1.165) is 35.3 Å². The lowest BCUT2D eigenvalue weighted by molar-refractivity contribution is -0.146. The first-order chi connectivity index (χ1) is 14.0. The van der Waals surface area contributed by atoms with Gasteiger partial charge in [0.25, 0.3) is 5.91 Å². The Morgan fingerprint density at radius 2 is 1.86 bits per heavy atom. The Morgan fingerprint density at radius 1 is 1.10 bits per heavy atom. The fraction of sp³-hybridized carbons (Fsp3) is 0.381. The molecule has 0 atom stereocenters. The van der Waals surface area contributed by atoms with Crippen molar-refractivity contribution in [1.29, 1.82) is 0 Å². The normalized spacial score (nSPS) is 12.2. The summed E-state index contributed by atoms with van der Waals surface area (Å²) in [7, 11) is 1.57. The molecule has 1 aromatic heterocycles. The fourth-order valence-corrected chi connectivity index (χ4v) is 4.47.